The molecule has 2 N–H and O–H groups in total. The summed E-state index contributed by atoms with van der Waals surface area (Å²) in [6.07, 6.45) is 4.65. The van der Waals surface area contributed by atoms with E-state index >= 15 is 0 Å². The zero-order valence-electron chi connectivity index (χ0n) is 20.5. The monoisotopic (exact) mass is 502 g/mol. The van der Waals surface area contributed by atoms with Gasteiger partial charge < -0.3 is 20.1 Å². The number of likely N-dealkylation sites (N-methyl/N-ethyl adjacent to an activating group) is 1. The van der Waals surface area contributed by atoms with E-state index in [1.807, 2.05) is 29.9 Å². The summed E-state index contributed by atoms with van der Waals surface area (Å²) in [5.41, 5.74) is 2.92. The average molecular weight is 503 g/mol. The van der Waals surface area contributed by atoms with Crippen molar-refractivity contribution in [3.05, 3.63) is 47.8 Å². The van der Waals surface area contributed by atoms with E-state index < -0.39 is 21.8 Å². The molecule has 35 heavy (non-hydrogen) atoms. The molecular formula is C24H34N6O4S. The first-order valence-corrected chi connectivity index (χ1v) is 13.7. The van der Waals surface area contributed by atoms with Gasteiger partial charge in [-0.2, -0.15) is 0 Å². The topological polar surface area (TPSA) is 107 Å². The van der Waals surface area contributed by atoms with Crippen LogP contribution in [-0.4, -0.2) is 87.2 Å². The Hall–Kier alpha value is -2.89. The highest BCUT2D eigenvalue weighted by atomic mass is 32.2. The summed E-state index contributed by atoms with van der Waals surface area (Å²) in [5, 5.41) is 5.42. The van der Waals surface area contributed by atoms with E-state index in [4.69, 9.17) is 0 Å². The average Bonchev–Trinajstić information content (AvgIpc) is 3.24. The van der Waals surface area contributed by atoms with Crippen LogP contribution in [0, 0.1) is 0 Å². The Labute approximate surface area is 206 Å². The molecule has 0 saturated carbocycles. The van der Waals surface area contributed by atoms with Crippen molar-refractivity contribution in [1.82, 2.24) is 19.7 Å². The molecule has 190 valence electrons. The predicted octanol–water partition coefficient (Wildman–Crippen LogP) is 0.781. The van der Waals surface area contributed by atoms with E-state index in [0.29, 0.717) is 24.5 Å². The largest absolute Gasteiger partial charge is 0.353 e. The number of nitrogens with zero attached hydrogens (tertiary/aromatic N) is 4. The van der Waals surface area contributed by atoms with E-state index in [1.165, 1.54) is 10.6 Å². The summed E-state index contributed by atoms with van der Waals surface area (Å²) in [6.45, 7) is 4.34. The molecule has 1 fully saturated rings. The highest BCUT2D eigenvalue weighted by Crippen LogP contribution is 2.31. The van der Waals surface area contributed by atoms with Crippen molar-refractivity contribution < 1.29 is 18.0 Å². The van der Waals surface area contributed by atoms with Crippen LogP contribution in [0.15, 0.2) is 36.5 Å². The summed E-state index contributed by atoms with van der Waals surface area (Å²) in [5.74, 6) is -1.51. The van der Waals surface area contributed by atoms with Gasteiger partial charge in [-0.3, -0.25) is 18.8 Å². The lowest BCUT2D eigenvalue weighted by molar-refractivity contribution is -0.136. The van der Waals surface area contributed by atoms with Crippen molar-refractivity contribution in [2.45, 2.75) is 18.9 Å². The fourth-order valence-corrected chi connectivity index (χ4v) is 5.78. The van der Waals surface area contributed by atoms with Crippen molar-refractivity contribution >= 4 is 33.2 Å². The van der Waals surface area contributed by atoms with Gasteiger partial charge in [-0.1, -0.05) is 6.07 Å². The molecule has 4 rings (SSSR count). The molecule has 1 saturated heterocycles. The summed E-state index contributed by atoms with van der Waals surface area (Å²) in [4.78, 5) is 30.0. The van der Waals surface area contributed by atoms with E-state index in [2.05, 4.69) is 27.5 Å². The molecule has 1 unspecified atom stereocenters. The lowest BCUT2D eigenvalue weighted by Crippen LogP contribution is -2.49. The first-order chi connectivity index (χ1) is 16.6. The number of nitrogens with one attached hydrogen (secondary N) is 2. The van der Waals surface area contributed by atoms with E-state index in [-0.39, 0.29) is 6.04 Å². The third-order valence-corrected chi connectivity index (χ3v) is 7.97. The smallest absolute Gasteiger partial charge is 0.313 e. The fraction of sp³-hybridized carbons (Fsp3) is 0.500. The highest BCUT2D eigenvalue weighted by Gasteiger charge is 2.28. The predicted molar refractivity (Wildman–Crippen MR) is 136 cm³/mol. The first kappa shape index (κ1) is 25.2. The third kappa shape index (κ3) is 5.85. The van der Waals surface area contributed by atoms with Gasteiger partial charge in [0.1, 0.15) is 0 Å². The number of aryl methyl sites for hydroxylation is 2. The molecule has 1 atom stereocenters. The molecule has 1 aromatic heterocycles. The quantitative estimate of drug-likeness (QED) is 0.566. The van der Waals surface area contributed by atoms with E-state index in [0.717, 1.165) is 50.3 Å². The van der Waals surface area contributed by atoms with Crippen molar-refractivity contribution in [1.29, 1.82) is 0 Å². The van der Waals surface area contributed by atoms with Crippen molar-refractivity contribution in [3.63, 3.8) is 0 Å². The van der Waals surface area contributed by atoms with Gasteiger partial charge in [0.25, 0.3) is 0 Å². The summed E-state index contributed by atoms with van der Waals surface area (Å²) in [7, 11) is 0.642. The molecule has 11 heteroatoms. The number of anilines is 2. The van der Waals surface area contributed by atoms with Crippen molar-refractivity contribution in [2.24, 2.45) is 7.05 Å². The minimum Gasteiger partial charge on any atom is -0.353 e. The maximum Gasteiger partial charge on any atom is 0.313 e. The van der Waals surface area contributed by atoms with Crippen LogP contribution in [-0.2, 0) is 33.1 Å². The molecule has 0 aliphatic carbocycles. The number of carbonyl (C=O) groups excluding carboxylic acids is 2. The second kappa shape index (κ2) is 10.4. The minimum absolute atomic E-state index is 0.0486. The number of aromatic nitrogens is 1. The molecule has 10 nitrogen and oxygen atoms in total. The van der Waals surface area contributed by atoms with Gasteiger partial charge in [0, 0.05) is 63.9 Å². The zero-order valence-corrected chi connectivity index (χ0v) is 21.3. The van der Waals surface area contributed by atoms with Gasteiger partial charge in [-0.05, 0) is 49.7 Å². The van der Waals surface area contributed by atoms with Gasteiger partial charge in [0.2, 0.25) is 10.0 Å². The van der Waals surface area contributed by atoms with Crippen LogP contribution in [0.25, 0.3) is 0 Å². The van der Waals surface area contributed by atoms with Crippen LogP contribution >= 0.6 is 0 Å². The molecule has 0 bridgehead atoms. The SMILES string of the molecule is CN1CCN(C(CNC(=O)C(=O)Nc2ccc3c(c2)N(S(C)(=O)=O)CCC3)c2cccn2C)CC1. The number of piperazine rings is 1. The molecule has 2 amide bonds. The van der Waals surface area contributed by atoms with Crippen molar-refractivity contribution in [3.8, 4) is 0 Å². The lowest BCUT2D eigenvalue weighted by Gasteiger charge is -2.38. The molecule has 3 heterocycles. The van der Waals surface area contributed by atoms with Gasteiger partial charge in [0.05, 0.1) is 18.0 Å². The van der Waals surface area contributed by atoms with Crippen LogP contribution in [0.4, 0.5) is 11.4 Å². The van der Waals surface area contributed by atoms with Gasteiger partial charge in [-0.15, -0.1) is 0 Å². The Morgan fingerprint density at radius 2 is 1.77 bits per heavy atom. The normalized spacial score (nSPS) is 18.1. The summed E-state index contributed by atoms with van der Waals surface area (Å²) < 4.78 is 27.7. The number of rotatable bonds is 6. The lowest BCUT2D eigenvalue weighted by atomic mass is 10.0. The first-order valence-electron chi connectivity index (χ1n) is 11.9. The molecule has 1 aromatic carbocycles. The zero-order chi connectivity index (χ0) is 25.2. The number of sulfonamides is 1. The Balaban J connectivity index is 1.42. The van der Waals surface area contributed by atoms with Crippen LogP contribution in [0.1, 0.15) is 23.7 Å². The Morgan fingerprint density at radius 3 is 2.43 bits per heavy atom. The minimum atomic E-state index is -3.43. The molecule has 2 aromatic rings. The van der Waals surface area contributed by atoms with Gasteiger partial charge in [0.15, 0.2) is 0 Å². The Bertz CT molecular complexity index is 1190. The van der Waals surface area contributed by atoms with Gasteiger partial charge in [-0.25, -0.2) is 8.42 Å². The summed E-state index contributed by atoms with van der Waals surface area (Å²) >= 11 is 0. The fourth-order valence-electron chi connectivity index (χ4n) is 4.80. The molecule has 2 aliphatic heterocycles. The number of amides is 2. The third-order valence-electron chi connectivity index (χ3n) is 6.79. The number of fused-ring (bicyclic) bond motifs is 1. The van der Waals surface area contributed by atoms with Gasteiger partial charge >= 0.3 is 11.8 Å². The highest BCUT2D eigenvalue weighted by molar-refractivity contribution is 7.92. The number of hydrogen-bond donors (Lipinski definition) is 2. The maximum atomic E-state index is 12.7. The van der Waals surface area contributed by atoms with Crippen LogP contribution in [0.2, 0.25) is 0 Å². The van der Waals surface area contributed by atoms with E-state index in [1.54, 1.807) is 18.2 Å². The van der Waals surface area contributed by atoms with Crippen molar-refractivity contribution in [2.75, 3.05) is 62.2 Å². The molecule has 2 aliphatic rings. The van der Waals surface area contributed by atoms with Crippen LogP contribution in [0.5, 0.6) is 0 Å². The number of carbonyl (C=O) groups is 2. The molecule has 0 radical (unpaired) electrons. The van der Waals surface area contributed by atoms with Crippen LogP contribution in [0.3, 0.4) is 0 Å². The molecule has 0 spiro atoms. The second-order valence-corrected chi connectivity index (χ2v) is 11.3. The summed E-state index contributed by atoms with van der Waals surface area (Å²) in [6, 6.07) is 9.09. The van der Waals surface area contributed by atoms with E-state index in [9.17, 15) is 18.0 Å². The molecular weight excluding hydrogens is 468 g/mol. The Kier molecular flexibility index (Phi) is 7.48. The number of hydrogen-bond acceptors (Lipinski definition) is 6. The standard InChI is InChI=1S/C24H34N6O4S/c1-27-12-14-29(15-13-27)22(20-7-5-10-28(20)2)17-25-23(31)24(32)26-19-9-8-18-6-4-11-30(21(18)16-19)35(3,33)34/h5,7-10,16,22H,4,6,11-15,17H2,1-3H3,(H,25,31)(H,26,32). The maximum absolute atomic E-state index is 12.7. The Morgan fingerprint density at radius 1 is 1.03 bits per heavy atom. The second-order valence-electron chi connectivity index (χ2n) is 9.35. The number of benzene rings is 1. The van der Waals surface area contributed by atoms with Crippen LogP contribution < -0.4 is 14.9 Å².